The van der Waals surface area contributed by atoms with Crippen LogP contribution in [0.5, 0.6) is 0 Å². The van der Waals surface area contributed by atoms with Crippen molar-refractivity contribution in [3.05, 3.63) is 66.7 Å². The average Bonchev–Trinajstić information content (AvgIpc) is 2.99. The van der Waals surface area contributed by atoms with Crippen LogP contribution in [0.15, 0.2) is 59.4 Å². The van der Waals surface area contributed by atoms with Crippen molar-refractivity contribution in [2.75, 3.05) is 5.32 Å². The van der Waals surface area contributed by atoms with Gasteiger partial charge in [0.2, 0.25) is 0 Å². The van der Waals surface area contributed by atoms with E-state index in [4.69, 9.17) is 4.42 Å². The molecule has 6 heteroatoms. The van der Waals surface area contributed by atoms with Crippen molar-refractivity contribution in [1.82, 2.24) is 9.97 Å². The molecule has 3 aromatic rings. The minimum Gasteiger partial charge on any atom is -0.432 e. The molecule has 0 atom stereocenters. The number of nitrogens with one attached hydrogen (secondary N) is 1. The van der Waals surface area contributed by atoms with Crippen LogP contribution in [-0.2, 0) is 0 Å². The summed E-state index contributed by atoms with van der Waals surface area (Å²) in [6.45, 7) is 0. The molecule has 104 valence electrons. The van der Waals surface area contributed by atoms with Crippen LogP contribution in [0.2, 0.25) is 0 Å². The smallest absolute Gasteiger partial charge is 0.311 e. The molecule has 0 bridgehead atoms. The second-order valence-electron chi connectivity index (χ2n) is 4.23. The molecule has 0 radical (unpaired) electrons. The Morgan fingerprint density at radius 1 is 1.14 bits per heavy atom. The van der Waals surface area contributed by atoms with Gasteiger partial charge in [-0.05, 0) is 36.4 Å². The summed E-state index contributed by atoms with van der Waals surface area (Å²) in [6.07, 6.45) is 4.54. The highest BCUT2D eigenvalue weighted by atomic mass is 19.1. The molecule has 1 amide bonds. The Hall–Kier alpha value is -3.02. The van der Waals surface area contributed by atoms with Crippen LogP contribution in [-0.4, -0.2) is 15.9 Å². The van der Waals surface area contributed by atoms with Crippen molar-refractivity contribution in [3.63, 3.8) is 0 Å². The second-order valence-corrected chi connectivity index (χ2v) is 4.23. The van der Waals surface area contributed by atoms with Gasteiger partial charge in [0.1, 0.15) is 5.82 Å². The first-order valence-electron chi connectivity index (χ1n) is 6.15. The topological polar surface area (TPSA) is 68.0 Å². The molecular formula is C15H10FN3O2. The van der Waals surface area contributed by atoms with E-state index in [-0.39, 0.29) is 11.7 Å². The number of hydrogen-bond donors (Lipinski definition) is 1. The fraction of sp³-hybridized carbons (Fsp3) is 0. The summed E-state index contributed by atoms with van der Waals surface area (Å²) in [5.74, 6) is -0.492. The SMILES string of the molecule is O=C(Nc1cccnc1)c1ncc(-c2ccc(F)cc2)o1. The maximum atomic E-state index is 12.9. The zero-order chi connectivity index (χ0) is 14.7. The molecule has 3 rings (SSSR count). The van der Waals surface area contributed by atoms with Crippen molar-refractivity contribution in [2.24, 2.45) is 0 Å². The zero-order valence-electron chi connectivity index (χ0n) is 10.8. The number of carbonyl (C=O) groups is 1. The Morgan fingerprint density at radius 2 is 1.95 bits per heavy atom. The van der Waals surface area contributed by atoms with E-state index < -0.39 is 5.91 Å². The largest absolute Gasteiger partial charge is 0.432 e. The highest BCUT2D eigenvalue weighted by molar-refractivity contribution is 6.01. The van der Waals surface area contributed by atoms with Crippen LogP contribution in [0.25, 0.3) is 11.3 Å². The van der Waals surface area contributed by atoms with Crippen LogP contribution in [0.4, 0.5) is 10.1 Å². The number of amides is 1. The van der Waals surface area contributed by atoms with E-state index in [1.807, 2.05) is 0 Å². The number of carbonyl (C=O) groups excluding carboxylic acids is 1. The van der Waals surface area contributed by atoms with Gasteiger partial charge < -0.3 is 9.73 Å². The number of benzene rings is 1. The lowest BCUT2D eigenvalue weighted by molar-refractivity contribution is 0.0991. The van der Waals surface area contributed by atoms with Gasteiger partial charge in [-0.2, -0.15) is 0 Å². The van der Waals surface area contributed by atoms with E-state index in [0.29, 0.717) is 17.0 Å². The van der Waals surface area contributed by atoms with E-state index in [1.165, 1.54) is 24.5 Å². The Kier molecular flexibility index (Phi) is 3.42. The molecule has 5 nitrogen and oxygen atoms in total. The summed E-state index contributed by atoms with van der Waals surface area (Å²) < 4.78 is 18.2. The molecule has 2 aromatic heterocycles. The predicted octanol–water partition coefficient (Wildman–Crippen LogP) is 3.13. The lowest BCUT2D eigenvalue weighted by atomic mass is 10.2. The fourth-order valence-corrected chi connectivity index (χ4v) is 1.75. The average molecular weight is 283 g/mol. The third kappa shape index (κ3) is 2.94. The number of oxazole rings is 1. The van der Waals surface area contributed by atoms with E-state index in [9.17, 15) is 9.18 Å². The Morgan fingerprint density at radius 3 is 2.67 bits per heavy atom. The third-order valence-electron chi connectivity index (χ3n) is 2.75. The molecule has 21 heavy (non-hydrogen) atoms. The molecule has 0 aliphatic carbocycles. The monoisotopic (exact) mass is 283 g/mol. The number of halogens is 1. The van der Waals surface area contributed by atoms with Crippen LogP contribution in [0.3, 0.4) is 0 Å². The second kappa shape index (κ2) is 5.54. The van der Waals surface area contributed by atoms with E-state index in [0.717, 1.165) is 0 Å². The fourth-order valence-electron chi connectivity index (χ4n) is 1.75. The minimum absolute atomic E-state index is 0.0711. The van der Waals surface area contributed by atoms with Gasteiger partial charge in [-0.3, -0.25) is 9.78 Å². The van der Waals surface area contributed by atoms with Crippen LogP contribution in [0, 0.1) is 5.82 Å². The lowest BCUT2D eigenvalue weighted by Crippen LogP contribution is -2.12. The quantitative estimate of drug-likeness (QED) is 0.801. The standard InChI is InChI=1S/C15H10FN3O2/c16-11-5-3-10(4-6-11)13-9-18-15(21-13)14(20)19-12-2-1-7-17-8-12/h1-9H,(H,19,20). The summed E-state index contributed by atoms with van der Waals surface area (Å²) in [5.41, 5.74) is 1.19. The summed E-state index contributed by atoms with van der Waals surface area (Å²) >= 11 is 0. The van der Waals surface area contributed by atoms with Gasteiger partial charge in [-0.1, -0.05) is 0 Å². The van der Waals surface area contributed by atoms with Crippen molar-refractivity contribution in [2.45, 2.75) is 0 Å². The van der Waals surface area contributed by atoms with Gasteiger partial charge in [0, 0.05) is 11.8 Å². The highest BCUT2D eigenvalue weighted by Crippen LogP contribution is 2.21. The minimum atomic E-state index is -0.476. The van der Waals surface area contributed by atoms with Gasteiger partial charge in [0.05, 0.1) is 18.1 Å². The van der Waals surface area contributed by atoms with Gasteiger partial charge in [0.15, 0.2) is 5.76 Å². The molecule has 0 saturated carbocycles. The summed E-state index contributed by atoms with van der Waals surface area (Å²) in [6, 6.07) is 9.14. The van der Waals surface area contributed by atoms with Crippen molar-refractivity contribution < 1.29 is 13.6 Å². The molecule has 2 heterocycles. The van der Waals surface area contributed by atoms with E-state index in [2.05, 4.69) is 15.3 Å². The lowest BCUT2D eigenvalue weighted by Gasteiger charge is -2.00. The first-order chi connectivity index (χ1) is 10.2. The van der Waals surface area contributed by atoms with Crippen molar-refractivity contribution in [3.8, 4) is 11.3 Å². The molecular weight excluding hydrogens is 273 g/mol. The molecule has 0 spiro atoms. The molecule has 1 aromatic carbocycles. The van der Waals surface area contributed by atoms with Crippen LogP contribution >= 0.6 is 0 Å². The van der Waals surface area contributed by atoms with Gasteiger partial charge >= 0.3 is 5.91 Å². The van der Waals surface area contributed by atoms with Crippen molar-refractivity contribution >= 4 is 11.6 Å². The number of pyridine rings is 1. The highest BCUT2D eigenvalue weighted by Gasteiger charge is 2.14. The van der Waals surface area contributed by atoms with Crippen LogP contribution in [0.1, 0.15) is 10.7 Å². The van der Waals surface area contributed by atoms with Gasteiger partial charge in [-0.25, -0.2) is 9.37 Å². The number of nitrogens with zero attached hydrogens (tertiary/aromatic N) is 2. The Balaban J connectivity index is 1.78. The maximum Gasteiger partial charge on any atom is 0.311 e. The first-order valence-corrected chi connectivity index (χ1v) is 6.15. The summed E-state index contributed by atoms with van der Waals surface area (Å²) in [4.78, 5) is 19.8. The third-order valence-corrected chi connectivity index (χ3v) is 2.75. The molecule has 0 saturated heterocycles. The molecule has 0 unspecified atom stereocenters. The Labute approximate surface area is 119 Å². The summed E-state index contributed by atoms with van der Waals surface area (Å²) in [5, 5.41) is 2.61. The molecule has 0 aliphatic heterocycles. The predicted molar refractivity (Wildman–Crippen MR) is 74.1 cm³/mol. The van der Waals surface area contributed by atoms with Crippen molar-refractivity contribution in [1.29, 1.82) is 0 Å². The van der Waals surface area contributed by atoms with Gasteiger partial charge in [-0.15, -0.1) is 0 Å². The molecule has 0 fully saturated rings. The van der Waals surface area contributed by atoms with Crippen LogP contribution < -0.4 is 5.32 Å². The maximum absolute atomic E-state index is 12.9. The molecule has 1 N–H and O–H groups in total. The number of anilines is 1. The Bertz CT molecular complexity index is 754. The van der Waals surface area contributed by atoms with Gasteiger partial charge in [0.25, 0.3) is 5.89 Å². The number of hydrogen-bond acceptors (Lipinski definition) is 4. The number of aromatic nitrogens is 2. The molecule has 0 aliphatic rings. The zero-order valence-corrected chi connectivity index (χ0v) is 10.8. The summed E-state index contributed by atoms with van der Waals surface area (Å²) in [7, 11) is 0. The van der Waals surface area contributed by atoms with E-state index >= 15 is 0 Å². The normalized spacial score (nSPS) is 10.3. The number of rotatable bonds is 3. The first kappa shape index (κ1) is 13.0. The van der Waals surface area contributed by atoms with E-state index in [1.54, 1.807) is 30.5 Å².